The Morgan fingerprint density at radius 2 is 0.691 bits per heavy atom. The van der Waals surface area contributed by atoms with Crippen LogP contribution >= 0.6 is 16.5 Å². The highest BCUT2D eigenvalue weighted by Gasteiger charge is 2.17. The quantitative estimate of drug-likeness (QED) is 0.174. The standard InChI is InChI=1S/C47H30O6P2/c1-6-16-35-30(11-1)21-25-40-44(35)45-36-17-7-2-12-31(36)22-26-41(45)51-54(50-40)48-29-34-15-5-10-20-39(34)49-55-52-42-27-23-32-13-3-8-18-37(32)46(42)47-38-19-9-4-14-33(38)24-28-43(47)53-55/h1-28H,29H2. The third-order valence-electron chi connectivity index (χ3n) is 10.2. The van der Waals surface area contributed by atoms with Gasteiger partial charge < -0.3 is 21.3 Å². The average Bonchev–Trinajstić information content (AvgIpc) is 3.51. The van der Waals surface area contributed by atoms with E-state index in [1.54, 1.807) is 0 Å². The topological polar surface area (TPSA) is 71.0 Å². The highest BCUT2D eigenvalue weighted by Crippen LogP contribution is 2.44. The molecular formula is C47H30O6P2. The Morgan fingerprint density at radius 3 is 1.11 bits per heavy atom. The second kappa shape index (κ2) is 13.2. The van der Waals surface area contributed by atoms with Crippen molar-refractivity contribution in [2.45, 2.75) is 6.61 Å². The van der Waals surface area contributed by atoms with Gasteiger partial charge in [-0.2, -0.15) is 0 Å². The summed E-state index contributed by atoms with van der Waals surface area (Å²) in [6.45, 7) is 0.166. The fourth-order valence-electron chi connectivity index (χ4n) is 7.71. The maximum absolute atomic E-state index is 6.65. The Morgan fingerprint density at radius 1 is 0.345 bits per heavy atom. The Bertz CT molecular complexity index is 3190. The minimum Gasteiger partial charge on any atom is -0.399 e. The number of hydrogen-bond donors (Lipinski definition) is 0. The molecule has 8 heteroatoms. The Balaban J connectivity index is 1.03. The lowest BCUT2D eigenvalue weighted by Gasteiger charge is -2.08. The first-order valence-electron chi connectivity index (χ1n) is 18.0. The fraction of sp³-hybridized carbons (Fsp3) is 0.0213. The molecule has 0 atom stereocenters. The lowest BCUT2D eigenvalue weighted by atomic mass is 9.99. The van der Waals surface area contributed by atoms with Crippen molar-refractivity contribution in [3.8, 4) is 5.75 Å². The van der Waals surface area contributed by atoms with Crippen LogP contribution in [0, 0.1) is 0 Å². The van der Waals surface area contributed by atoms with Crippen LogP contribution in [0.1, 0.15) is 5.56 Å². The second-order valence-electron chi connectivity index (χ2n) is 13.4. The summed E-state index contributed by atoms with van der Waals surface area (Å²) in [5.74, 6) is 0.586. The maximum Gasteiger partial charge on any atom is 0.453 e. The van der Waals surface area contributed by atoms with Crippen LogP contribution in [-0.2, 0) is 6.61 Å². The highest BCUT2D eigenvalue weighted by atomic mass is 31.1. The Kier molecular flexibility index (Phi) is 7.67. The zero-order valence-electron chi connectivity index (χ0n) is 29.2. The maximum atomic E-state index is 6.65. The van der Waals surface area contributed by atoms with Crippen molar-refractivity contribution in [2.24, 2.45) is 0 Å². The van der Waals surface area contributed by atoms with Gasteiger partial charge in [0.05, 0.1) is 6.61 Å². The predicted molar refractivity (Wildman–Crippen MR) is 225 cm³/mol. The van der Waals surface area contributed by atoms with Crippen LogP contribution in [0.4, 0.5) is 0 Å². The molecule has 2 heterocycles. The van der Waals surface area contributed by atoms with Gasteiger partial charge in [0.15, 0.2) is 0 Å². The first-order chi connectivity index (χ1) is 27.2. The van der Waals surface area contributed by atoms with E-state index in [-0.39, 0.29) is 6.61 Å². The largest absolute Gasteiger partial charge is 0.453 e. The predicted octanol–water partition coefficient (Wildman–Crippen LogP) is 15.0. The smallest absolute Gasteiger partial charge is 0.399 e. The molecule has 0 aliphatic carbocycles. The van der Waals surface area contributed by atoms with E-state index in [1.807, 2.05) is 48.5 Å². The van der Waals surface area contributed by atoms with Gasteiger partial charge in [-0.1, -0.05) is 140 Å². The monoisotopic (exact) mass is 752 g/mol. The van der Waals surface area contributed by atoms with Crippen LogP contribution in [0.25, 0.3) is 87.0 Å². The summed E-state index contributed by atoms with van der Waals surface area (Å²) in [5.41, 5.74) is 3.64. The highest BCUT2D eigenvalue weighted by molar-refractivity contribution is 7.32. The summed E-state index contributed by atoms with van der Waals surface area (Å²) in [6.07, 6.45) is 0. The first kappa shape index (κ1) is 32.0. The van der Waals surface area contributed by atoms with Crippen LogP contribution in [0.15, 0.2) is 187 Å². The van der Waals surface area contributed by atoms with Crippen molar-refractivity contribution in [2.75, 3.05) is 0 Å². The van der Waals surface area contributed by atoms with Gasteiger partial charge in [-0.05, 0) is 73.4 Å². The molecule has 0 saturated carbocycles. The molecule has 264 valence electrons. The third kappa shape index (κ3) is 5.54. The lowest BCUT2D eigenvalue weighted by molar-refractivity contribution is 0.359. The first-order valence-corrected chi connectivity index (χ1v) is 20.2. The zero-order chi connectivity index (χ0) is 36.3. The Hall–Kier alpha value is -6.42. The molecule has 0 spiro atoms. The summed E-state index contributed by atoms with van der Waals surface area (Å²) in [6, 6.07) is 57.6. The number of hydrogen-bond acceptors (Lipinski definition) is 6. The fourth-order valence-corrected chi connectivity index (χ4v) is 9.79. The molecule has 0 radical (unpaired) electrons. The van der Waals surface area contributed by atoms with Gasteiger partial charge in [-0.3, -0.25) is 4.52 Å². The van der Waals surface area contributed by atoms with Crippen molar-refractivity contribution in [1.82, 2.24) is 0 Å². The van der Waals surface area contributed by atoms with Crippen LogP contribution < -0.4 is 9.05 Å². The van der Waals surface area contributed by atoms with E-state index in [0.717, 1.165) is 70.2 Å². The molecule has 0 aliphatic rings. The summed E-state index contributed by atoms with van der Waals surface area (Å²) in [4.78, 5) is 0. The molecule has 0 aliphatic heterocycles. The molecule has 6 nitrogen and oxygen atoms in total. The van der Waals surface area contributed by atoms with Crippen molar-refractivity contribution < 1.29 is 25.8 Å². The van der Waals surface area contributed by atoms with Crippen molar-refractivity contribution in [1.29, 1.82) is 0 Å². The van der Waals surface area contributed by atoms with Crippen LogP contribution in [0.2, 0.25) is 0 Å². The molecule has 2 aromatic heterocycles. The summed E-state index contributed by atoms with van der Waals surface area (Å²) < 4.78 is 39.7. The van der Waals surface area contributed by atoms with Gasteiger partial charge in [0.25, 0.3) is 0 Å². The summed E-state index contributed by atoms with van der Waals surface area (Å²) in [7, 11) is -3.78. The van der Waals surface area contributed by atoms with E-state index in [2.05, 4.69) is 121 Å². The molecule has 11 aromatic rings. The molecule has 55 heavy (non-hydrogen) atoms. The van der Waals surface area contributed by atoms with E-state index >= 15 is 0 Å². The number of benzene rings is 9. The molecule has 9 aromatic carbocycles. The molecule has 0 unspecified atom stereocenters. The summed E-state index contributed by atoms with van der Waals surface area (Å²) in [5, 5.41) is 12.8. The number of para-hydroxylation sites is 1. The van der Waals surface area contributed by atoms with Crippen LogP contribution in [-0.4, -0.2) is 0 Å². The average molecular weight is 753 g/mol. The van der Waals surface area contributed by atoms with Crippen LogP contribution in [0.5, 0.6) is 5.75 Å². The van der Waals surface area contributed by atoms with Gasteiger partial charge in [-0.25, -0.2) is 0 Å². The SMILES string of the molecule is c1ccc(Op2oc3ccc4ccccc4c3c3c(ccc4ccccc43)o2)c(COp2oc3ccc4ccccc4c3c3c(ccc4ccccc43)o2)c1. The van der Waals surface area contributed by atoms with E-state index < -0.39 is 16.5 Å². The third-order valence-corrected chi connectivity index (χ3v) is 12.3. The molecule has 0 N–H and O–H groups in total. The lowest BCUT2D eigenvalue weighted by Crippen LogP contribution is -1.95. The van der Waals surface area contributed by atoms with Gasteiger partial charge in [-0.15, -0.1) is 0 Å². The van der Waals surface area contributed by atoms with E-state index in [0.29, 0.717) is 28.1 Å². The molecule has 0 amide bonds. The van der Waals surface area contributed by atoms with Gasteiger partial charge in [0.2, 0.25) is 0 Å². The van der Waals surface area contributed by atoms with E-state index in [4.69, 9.17) is 25.8 Å². The molecule has 11 rings (SSSR count). The van der Waals surface area contributed by atoms with Gasteiger partial charge >= 0.3 is 16.5 Å². The molecular weight excluding hydrogens is 722 g/mol. The van der Waals surface area contributed by atoms with Gasteiger partial charge in [0, 0.05) is 27.1 Å². The zero-order valence-corrected chi connectivity index (χ0v) is 31.0. The summed E-state index contributed by atoms with van der Waals surface area (Å²) >= 11 is 0. The van der Waals surface area contributed by atoms with Crippen LogP contribution in [0.3, 0.4) is 0 Å². The number of rotatable bonds is 5. The number of fused-ring (bicyclic) bond motifs is 14. The van der Waals surface area contributed by atoms with E-state index in [9.17, 15) is 0 Å². The second-order valence-corrected chi connectivity index (χ2v) is 15.5. The minimum absolute atomic E-state index is 0.166. The molecule has 0 bridgehead atoms. The van der Waals surface area contributed by atoms with E-state index in [1.165, 1.54) is 0 Å². The van der Waals surface area contributed by atoms with Gasteiger partial charge in [0.1, 0.15) is 28.1 Å². The molecule has 0 saturated heterocycles. The van der Waals surface area contributed by atoms with Crippen molar-refractivity contribution in [3.63, 3.8) is 0 Å². The Labute approximate surface area is 316 Å². The molecule has 0 fully saturated rings. The van der Waals surface area contributed by atoms with Crippen molar-refractivity contribution >= 4 is 103 Å². The van der Waals surface area contributed by atoms with Crippen molar-refractivity contribution in [3.05, 3.63) is 175 Å². The minimum atomic E-state index is -1.92. The normalized spacial score (nSPS) is 11.8.